The summed E-state index contributed by atoms with van der Waals surface area (Å²) < 4.78 is 42.0. The lowest BCUT2D eigenvalue weighted by Crippen LogP contribution is -2.57. The smallest absolute Gasteiger partial charge is 0.377 e. The van der Waals surface area contributed by atoms with E-state index in [-0.39, 0.29) is 30.0 Å². The van der Waals surface area contributed by atoms with Crippen LogP contribution in [-0.4, -0.2) is 22.7 Å². The van der Waals surface area contributed by atoms with Crippen molar-refractivity contribution in [3.63, 3.8) is 0 Å². The molecule has 0 spiro atoms. The van der Waals surface area contributed by atoms with Gasteiger partial charge in [0.05, 0.1) is 5.92 Å². The Morgan fingerprint density at radius 2 is 1.85 bits per heavy atom. The third-order valence-corrected chi connectivity index (χ3v) is 8.79. The van der Waals surface area contributed by atoms with Crippen LogP contribution >= 0.6 is 0 Å². The van der Waals surface area contributed by atoms with Crippen LogP contribution < -0.4 is 0 Å². The first-order valence-corrected chi connectivity index (χ1v) is 9.98. The fourth-order valence-corrected chi connectivity index (χ4v) is 7.21. The molecule has 4 aliphatic rings. The minimum Gasteiger partial charge on any atom is -0.377 e. The lowest BCUT2D eigenvalue weighted by molar-refractivity contribution is -0.197. The highest BCUT2D eigenvalue weighted by atomic mass is 19.4. The molecule has 148 valence electrons. The first kappa shape index (κ1) is 19.1. The second-order valence-corrected chi connectivity index (χ2v) is 9.69. The summed E-state index contributed by atoms with van der Waals surface area (Å²) in [6.45, 7) is 3.91. The van der Waals surface area contributed by atoms with Gasteiger partial charge in [-0.25, -0.2) is 0 Å². The average molecular weight is 380 g/mol. The van der Waals surface area contributed by atoms with E-state index in [2.05, 4.69) is 5.92 Å². The summed E-state index contributed by atoms with van der Waals surface area (Å²) in [5.74, 6) is 0.823. The molecule has 2 nitrogen and oxygen atoms in total. The van der Waals surface area contributed by atoms with E-state index in [1.54, 1.807) is 0 Å². The van der Waals surface area contributed by atoms with Crippen molar-refractivity contribution in [3.8, 4) is 12.3 Å². The van der Waals surface area contributed by atoms with Gasteiger partial charge in [-0.3, -0.25) is 4.79 Å². The number of ketones is 1. The monoisotopic (exact) mass is 380 g/mol. The lowest BCUT2D eigenvalue weighted by Gasteiger charge is -2.60. The quantitative estimate of drug-likeness (QED) is 0.620. The van der Waals surface area contributed by atoms with Crippen LogP contribution in [0.2, 0.25) is 0 Å². The molecule has 0 bridgehead atoms. The largest absolute Gasteiger partial charge is 0.395 e. The summed E-state index contributed by atoms with van der Waals surface area (Å²) in [7, 11) is 0. The minimum atomic E-state index is -4.36. The van der Waals surface area contributed by atoms with E-state index >= 15 is 0 Å². The second kappa shape index (κ2) is 5.63. The van der Waals surface area contributed by atoms with Gasteiger partial charge in [0, 0.05) is 11.8 Å². The number of terminal acetylenes is 1. The van der Waals surface area contributed by atoms with Gasteiger partial charge < -0.3 is 5.11 Å². The number of fused-ring (bicyclic) bond motifs is 5. The molecule has 4 rings (SSSR count). The Kier molecular flexibility index (Phi) is 3.97. The predicted octanol–water partition coefficient (Wildman–Crippen LogP) is 4.67. The van der Waals surface area contributed by atoms with Crippen LogP contribution in [0.3, 0.4) is 0 Å². The Morgan fingerprint density at radius 3 is 2.48 bits per heavy atom. The Hall–Kier alpha value is -1.28. The summed E-state index contributed by atoms with van der Waals surface area (Å²) in [4.78, 5) is 12.0. The van der Waals surface area contributed by atoms with Crippen LogP contribution in [0.4, 0.5) is 13.2 Å². The zero-order chi connectivity index (χ0) is 19.8. The van der Waals surface area contributed by atoms with Crippen molar-refractivity contribution in [3.05, 3.63) is 11.6 Å². The Balaban J connectivity index is 1.80. The van der Waals surface area contributed by atoms with Crippen LogP contribution in [0, 0.1) is 46.8 Å². The molecule has 0 aromatic rings. The van der Waals surface area contributed by atoms with Gasteiger partial charge in [-0.2, -0.15) is 13.2 Å². The molecule has 0 heterocycles. The van der Waals surface area contributed by atoms with Gasteiger partial charge in [0.2, 0.25) is 0 Å². The van der Waals surface area contributed by atoms with E-state index in [1.807, 2.05) is 13.8 Å². The van der Waals surface area contributed by atoms with Gasteiger partial charge in [0.15, 0.2) is 5.78 Å². The van der Waals surface area contributed by atoms with Gasteiger partial charge in [-0.05, 0) is 73.3 Å². The summed E-state index contributed by atoms with van der Waals surface area (Å²) >= 11 is 0. The minimum absolute atomic E-state index is 0.00171. The Morgan fingerprint density at radius 1 is 1.19 bits per heavy atom. The summed E-state index contributed by atoms with van der Waals surface area (Å²) in [6, 6.07) is 0. The van der Waals surface area contributed by atoms with Crippen LogP contribution in [0.25, 0.3) is 0 Å². The van der Waals surface area contributed by atoms with Crippen molar-refractivity contribution in [2.24, 2.45) is 34.5 Å². The molecule has 3 fully saturated rings. The number of allylic oxidation sites excluding steroid dienone is 1. The Labute approximate surface area is 158 Å². The van der Waals surface area contributed by atoms with E-state index in [0.717, 1.165) is 12.8 Å². The van der Waals surface area contributed by atoms with E-state index in [4.69, 9.17) is 6.42 Å². The van der Waals surface area contributed by atoms with Gasteiger partial charge in [0.1, 0.15) is 5.60 Å². The van der Waals surface area contributed by atoms with Crippen molar-refractivity contribution in [1.29, 1.82) is 0 Å². The summed E-state index contributed by atoms with van der Waals surface area (Å²) in [6.07, 6.45) is 6.05. The Bertz CT molecular complexity index is 748. The molecule has 4 aliphatic carbocycles. The molecule has 3 saturated carbocycles. The van der Waals surface area contributed by atoms with Crippen molar-refractivity contribution >= 4 is 5.78 Å². The van der Waals surface area contributed by atoms with Crippen molar-refractivity contribution in [1.82, 2.24) is 0 Å². The molecule has 27 heavy (non-hydrogen) atoms. The number of rotatable bonds is 0. The average Bonchev–Trinajstić information content (AvgIpc) is 2.86. The molecular formula is C22H27F3O2. The normalized spacial score (nSPS) is 49.5. The molecular weight excluding hydrogens is 353 g/mol. The maximum atomic E-state index is 14.0. The van der Waals surface area contributed by atoms with E-state index in [1.165, 1.54) is 6.08 Å². The SMILES string of the molecule is C#C[C@]1(O)CC[C@H]2[C@@H]3C[C@@H](C(F)(F)F)C4=CC(=O)CC[C@]4(C)[C@H]3CC[C@@]21C. The zero-order valence-corrected chi connectivity index (χ0v) is 15.9. The fourth-order valence-electron chi connectivity index (χ4n) is 7.21. The van der Waals surface area contributed by atoms with Crippen molar-refractivity contribution in [2.75, 3.05) is 0 Å². The predicted molar refractivity (Wildman–Crippen MR) is 95.4 cm³/mol. The number of alkyl halides is 3. The highest BCUT2D eigenvalue weighted by molar-refractivity contribution is 5.91. The zero-order valence-electron chi connectivity index (χ0n) is 15.9. The van der Waals surface area contributed by atoms with Gasteiger partial charge in [-0.1, -0.05) is 19.8 Å². The molecule has 7 atom stereocenters. The number of halogens is 3. The third-order valence-electron chi connectivity index (χ3n) is 8.79. The van der Waals surface area contributed by atoms with Crippen LogP contribution in [-0.2, 0) is 4.79 Å². The van der Waals surface area contributed by atoms with E-state index < -0.39 is 28.5 Å². The molecule has 0 aliphatic heterocycles. The summed E-state index contributed by atoms with van der Waals surface area (Å²) in [5.41, 5.74) is -2.03. The third kappa shape index (κ3) is 2.41. The molecule has 1 N–H and O–H groups in total. The highest BCUT2D eigenvalue weighted by Gasteiger charge is 2.66. The lowest BCUT2D eigenvalue weighted by atomic mass is 9.44. The molecule has 0 aromatic carbocycles. The van der Waals surface area contributed by atoms with Crippen LogP contribution in [0.5, 0.6) is 0 Å². The molecule has 0 amide bonds. The van der Waals surface area contributed by atoms with Gasteiger partial charge in [0.25, 0.3) is 0 Å². The number of carbonyl (C=O) groups is 1. The number of hydrogen-bond acceptors (Lipinski definition) is 2. The van der Waals surface area contributed by atoms with E-state index in [9.17, 15) is 23.1 Å². The van der Waals surface area contributed by atoms with Gasteiger partial charge >= 0.3 is 6.18 Å². The number of carbonyl (C=O) groups excluding carboxylic acids is 1. The van der Waals surface area contributed by atoms with Crippen LogP contribution in [0.15, 0.2) is 11.6 Å². The first-order chi connectivity index (χ1) is 12.5. The van der Waals surface area contributed by atoms with Crippen molar-refractivity contribution < 1.29 is 23.1 Å². The molecule has 5 heteroatoms. The van der Waals surface area contributed by atoms with Gasteiger partial charge in [-0.15, -0.1) is 6.42 Å². The number of hydrogen-bond donors (Lipinski definition) is 1. The molecule has 0 saturated heterocycles. The maximum Gasteiger partial charge on any atom is 0.395 e. The standard InChI is InChI=1S/C22H27F3O2/c1-4-21(27)10-7-16-14-12-18(22(23,24)25)17-11-13(26)5-8-19(17,2)15(14)6-9-20(16,21)3/h1,11,14-16,18,27H,5-10,12H2,2-3H3/t14-,15+,16+,18-,19-,20+,21+/m1/s1. The second-order valence-electron chi connectivity index (χ2n) is 9.69. The maximum absolute atomic E-state index is 14.0. The van der Waals surface area contributed by atoms with Crippen LogP contribution in [0.1, 0.15) is 58.8 Å². The van der Waals surface area contributed by atoms with Crippen molar-refractivity contribution in [2.45, 2.75) is 70.6 Å². The summed E-state index contributed by atoms with van der Waals surface area (Å²) in [5, 5.41) is 11.0. The molecule has 0 unspecified atom stereocenters. The van der Waals surface area contributed by atoms with E-state index in [0.29, 0.717) is 31.3 Å². The first-order valence-electron chi connectivity index (χ1n) is 9.98. The molecule has 0 aromatic heterocycles. The fraction of sp³-hybridized carbons (Fsp3) is 0.773. The highest BCUT2D eigenvalue weighted by Crippen LogP contribution is 2.69. The molecule has 0 radical (unpaired) electrons. The topological polar surface area (TPSA) is 37.3 Å². The number of aliphatic hydroxyl groups is 1.